The van der Waals surface area contributed by atoms with Gasteiger partial charge in [0.15, 0.2) is 0 Å². The topological polar surface area (TPSA) is 111 Å². The SMILES string of the molecule is CC(C)(C)OC(=O)CCC(C(N)=O)N1Cc2c(OCc3ccc(C(C)(C)N4CCOCC4)cc3)cccc2C1=O. The van der Waals surface area contributed by atoms with Gasteiger partial charge in [-0.2, -0.15) is 0 Å². The zero-order chi connectivity index (χ0) is 29.1. The van der Waals surface area contributed by atoms with E-state index < -0.39 is 23.5 Å². The molecule has 40 heavy (non-hydrogen) atoms. The normalized spacial score (nSPS) is 16.9. The molecule has 0 spiro atoms. The van der Waals surface area contributed by atoms with Gasteiger partial charge in [0, 0.05) is 36.2 Å². The number of nitrogens with two attached hydrogens (primary N) is 1. The second-order valence-corrected chi connectivity index (χ2v) is 11.9. The minimum atomic E-state index is -0.928. The van der Waals surface area contributed by atoms with E-state index in [0.29, 0.717) is 23.5 Å². The molecule has 2 aromatic rings. The van der Waals surface area contributed by atoms with E-state index in [2.05, 4.69) is 43.0 Å². The maximum atomic E-state index is 13.2. The first-order chi connectivity index (χ1) is 18.9. The molecule has 1 atom stereocenters. The lowest BCUT2D eigenvalue weighted by Gasteiger charge is -2.41. The van der Waals surface area contributed by atoms with Crippen LogP contribution in [0, 0.1) is 0 Å². The molecule has 1 unspecified atom stereocenters. The van der Waals surface area contributed by atoms with E-state index in [1.807, 2.05) is 6.07 Å². The van der Waals surface area contributed by atoms with Crippen LogP contribution < -0.4 is 10.5 Å². The van der Waals surface area contributed by atoms with Crippen LogP contribution in [0.4, 0.5) is 0 Å². The molecule has 0 aliphatic carbocycles. The van der Waals surface area contributed by atoms with Gasteiger partial charge in [0.25, 0.3) is 5.91 Å². The molecular formula is C31H41N3O6. The van der Waals surface area contributed by atoms with Crippen LogP contribution in [-0.2, 0) is 37.8 Å². The van der Waals surface area contributed by atoms with Crippen molar-refractivity contribution in [1.82, 2.24) is 9.80 Å². The van der Waals surface area contributed by atoms with Gasteiger partial charge in [0.1, 0.15) is 24.0 Å². The molecule has 9 nitrogen and oxygen atoms in total. The predicted octanol–water partition coefficient (Wildman–Crippen LogP) is 3.76. The molecule has 2 aliphatic heterocycles. The zero-order valence-corrected chi connectivity index (χ0v) is 24.2. The molecule has 1 saturated heterocycles. The lowest BCUT2D eigenvalue weighted by atomic mass is 9.91. The molecular weight excluding hydrogens is 510 g/mol. The van der Waals surface area contributed by atoms with Crippen LogP contribution in [0.15, 0.2) is 42.5 Å². The van der Waals surface area contributed by atoms with Crippen molar-refractivity contribution in [2.24, 2.45) is 5.73 Å². The number of esters is 1. The Morgan fingerprint density at radius 3 is 2.33 bits per heavy atom. The summed E-state index contributed by atoms with van der Waals surface area (Å²) < 4.78 is 17.0. The summed E-state index contributed by atoms with van der Waals surface area (Å²) in [4.78, 5) is 41.6. The molecule has 2 heterocycles. The molecule has 216 valence electrons. The number of hydrogen-bond donors (Lipinski definition) is 1. The van der Waals surface area contributed by atoms with Crippen LogP contribution in [0.25, 0.3) is 0 Å². The minimum Gasteiger partial charge on any atom is -0.489 e. The van der Waals surface area contributed by atoms with Gasteiger partial charge >= 0.3 is 5.97 Å². The third-order valence-corrected chi connectivity index (χ3v) is 7.56. The summed E-state index contributed by atoms with van der Waals surface area (Å²) in [6.45, 7) is 13.6. The average Bonchev–Trinajstić information content (AvgIpc) is 3.23. The smallest absolute Gasteiger partial charge is 0.306 e. The van der Waals surface area contributed by atoms with Crippen LogP contribution >= 0.6 is 0 Å². The number of hydrogen-bond acceptors (Lipinski definition) is 7. The minimum absolute atomic E-state index is 0.0211. The van der Waals surface area contributed by atoms with E-state index in [0.717, 1.165) is 31.9 Å². The van der Waals surface area contributed by atoms with E-state index in [1.54, 1.807) is 32.9 Å². The summed E-state index contributed by atoms with van der Waals surface area (Å²) in [7, 11) is 0. The van der Waals surface area contributed by atoms with Crippen molar-refractivity contribution in [1.29, 1.82) is 0 Å². The Bertz CT molecular complexity index is 1230. The summed E-state index contributed by atoms with van der Waals surface area (Å²) in [5.41, 5.74) is 8.34. The molecule has 4 rings (SSSR count). The highest BCUT2D eigenvalue weighted by Gasteiger charge is 2.37. The summed E-state index contributed by atoms with van der Waals surface area (Å²) in [5, 5.41) is 0. The largest absolute Gasteiger partial charge is 0.489 e. The van der Waals surface area contributed by atoms with E-state index in [9.17, 15) is 14.4 Å². The van der Waals surface area contributed by atoms with Crippen LogP contribution in [0.2, 0.25) is 0 Å². The second-order valence-electron chi connectivity index (χ2n) is 11.9. The molecule has 2 aromatic carbocycles. The predicted molar refractivity (Wildman–Crippen MR) is 151 cm³/mol. The molecule has 1 fully saturated rings. The number of ether oxygens (including phenoxy) is 3. The van der Waals surface area contributed by atoms with E-state index >= 15 is 0 Å². The second kappa shape index (κ2) is 12.0. The molecule has 0 radical (unpaired) electrons. The van der Waals surface area contributed by atoms with Gasteiger partial charge in [0.2, 0.25) is 5.91 Å². The number of primary amides is 1. The Kier molecular flexibility index (Phi) is 8.85. The Morgan fingerprint density at radius 1 is 1.02 bits per heavy atom. The van der Waals surface area contributed by atoms with Crippen molar-refractivity contribution in [3.63, 3.8) is 0 Å². The number of carbonyl (C=O) groups excluding carboxylic acids is 3. The van der Waals surface area contributed by atoms with Gasteiger partial charge in [-0.1, -0.05) is 30.3 Å². The Labute approximate surface area is 236 Å². The molecule has 2 N–H and O–H groups in total. The van der Waals surface area contributed by atoms with Crippen molar-refractivity contribution in [3.05, 3.63) is 64.7 Å². The van der Waals surface area contributed by atoms with Gasteiger partial charge in [0.05, 0.1) is 19.8 Å². The summed E-state index contributed by atoms with van der Waals surface area (Å²) in [6.07, 6.45) is 0.0695. The van der Waals surface area contributed by atoms with Crippen molar-refractivity contribution in [2.45, 2.75) is 77.8 Å². The first-order valence-corrected chi connectivity index (χ1v) is 13.9. The highest BCUT2D eigenvalue weighted by Crippen LogP contribution is 2.34. The molecule has 0 bridgehead atoms. The summed E-state index contributed by atoms with van der Waals surface area (Å²) >= 11 is 0. The quantitative estimate of drug-likeness (QED) is 0.448. The van der Waals surface area contributed by atoms with Crippen molar-refractivity contribution < 1.29 is 28.6 Å². The van der Waals surface area contributed by atoms with Crippen LogP contribution in [-0.4, -0.2) is 65.5 Å². The number of rotatable bonds is 10. The first-order valence-electron chi connectivity index (χ1n) is 13.9. The Morgan fingerprint density at radius 2 is 1.70 bits per heavy atom. The Balaban J connectivity index is 1.41. The number of fused-ring (bicyclic) bond motifs is 1. The molecule has 2 amide bonds. The van der Waals surface area contributed by atoms with E-state index in [-0.39, 0.29) is 30.8 Å². The molecule has 9 heteroatoms. The maximum absolute atomic E-state index is 13.2. The molecule has 0 aromatic heterocycles. The van der Waals surface area contributed by atoms with E-state index in [4.69, 9.17) is 19.9 Å². The summed E-state index contributed by atoms with van der Waals surface area (Å²) in [6, 6.07) is 12.8. The van der Waals surface area contributed by atoms with Crippen LogP contribution in [0.5, 0.6) is 5.75 Å². The van der Waals surface area contributed by atoms with Crippen molar-refractivity contribution in [2.75, 3.05) is 26.3 Å². The van der Waals surface area contributed by atoms with Gasteiger partial charge in [-0.15, -0.1) is 0 Å². The summed E-state index contributed by atoms with van der Waals surface area (Å²) in [5.74, 6) is -0.817. The first kappa shape index (κ1) is 29.6. The standard InChI is InChI=1S/C31H41N3O6/c1-30(2,3)40-27(35)14-13-25(28(32)36)34-19-24-23(29(34)37)7-6-8-26(24)39-20-21-9-11-22(12-10-21)31(4,5)33-15-17-38-18-16-33/h6-12,25H,13-20H2,1-5H3,(H2,32,36). The van der Waals surface area contributed by atoms with Gasteiger partial charge in [-0.3, -0.25) is 19.3 Å². The van der Waals surface area contributed by atoms with Crippen LogP contribution in [0.1, 0.15) is 74.5 Å². The average molecular weight is 552 g/mol. The van der Waals surface area contributed by atoms with Crippen LogP contribution in [0.3, 0.4) is 0 Å². The highest BCUT2D eigenvalue weighted by molar-refractivity contribution is 6.01. The number of carbonyl (C=O) groups is 3. The Hall–Kier alpha value is -3.43. The number of amides is 2. The van der Waals surface area contributed by atoms with E-state index in [1.165, 1.54) is 10.5 Å². The van der Waals surface area contributed by atoms with Gasteiger partial charge in [-0.05, 0) is 64.3 Å². The zero-order valence-electron chi connectivity index (χ0n) is 24.2. The lowest BCUT2D eigenvalue weighted by Crippen LogP contribution is -2.47. The van der Waals surface area contributed by atoms with Crippen molar-refractivity contribution >= 4 is 17.8 Å². The number of nitrogens with zero attached hydrogens (tertiary/aromatic N) is 2. The lowest BCUT2D eigenvalue weighted by molar-refractivity contribution is -0.155. The molecule has 0 saturated carbocycles. The molecule has 2 aliphatic rings. The number of benzene rings is 2. The van der Waals surface area contributed by atoms with Crippen molar-refractivity contribution in [3.8, 4) is 5.75 Å². The fraction of sp³-hybridized carbons (Fsp3) is 0.516. The number of morpholine rings is 1. The maximum Gasteiger partial charge on any atom is 0.306 e. The highest BCUT2D eigenvalue weighted by atomic mass is 16.6. The fourth-order valence-electron chi connectivity index (χ4n) is 5.29. The third-order valence-electron chi connectivity index (χ3n) is 7.56. The third kappa shape index (κ3) is 6.82. The van der Waals surface area contributed by atoms with Gasteiger partial charge < -0.3 is 24.8 Å². The van der Waals surface area contributed by atoms with Gasteiger partial charge in [-0.25, -0.2) is 0 Å². The monoisotopic (exact) mass is 551 g/mol. The fourth-order valence-corrected chi connectivity index (χ4v) is 5.29.